The van der Waals surface area contributed by atoms with Crippen LogP contribution in [0.15, 0.2) is 11.6 Å². The summed E-state index contributed by atoms with van der Waals surface area (Å²) in [6, 6.07) is -0.207. The summed E-state index contributed by atoms with van der Waals surface area (Å²) < 4.78 is 16.7. The van der Waals surface area contributed by atoms with Gasteiger partial charge in [-0.05, 0) is 79.4 Å². The van der Waals surface area contributed by atoms with Gasteiger partial charge in [0.1, 0.15) is 12.2 Å². The molecule has 0 saturated heterocycles. The van der Waals surface area contributed by atoms with Crippen molar-refractivity contribution in [1.29, 1.82) is 0 Å². The molecular weight excluding hydrogens is 498 g/mol. The van der Waals surface area contributed by atoms with Crippen molar-refractivity contribution >= 4 is 23.8 Å². The second-order valence-electron chi connectivity index (χ2n) is 13.2. The predicted octanol–water partition coefficient (Wildman–Crippen LogP) is 4.89. The van der Waals surface area contributed by atoms with Crippen LogP contribution in [0.1, 0.15) is 99.3 Å². The zero-order chi connectivity index (χ0) is 28.5. The van der Waals surface area contributed by atoms with E-state index in [2.05, 4.69) is 25.2 Å². The lowest BCUT2D eigenvalue weighted by Crippen LogP contribution is -2.55. The van der Waals surface area contributed by atoms with E-state index < -0.39 is 0 Å². The minimum atomic E-state index is -0.350. The molecule has 0 bridgehead atoms. The lowest BCUT2D eigenvalue weighted by molar-refractivity contribution is -0.152. The molecule has 9 atom stereocenters. The predicted molar refractivity (Wildman–Crippen MR) is 145 cm³/mol. The van der Waals surface area contributed by atoms with Gasteiger partial charge in [0, 0.05) is 33.6 Å². The molecule has 0 aromatic heterocycles. The number of hydrogen-bond donors (Lipinski definition) is 1. The lowest BCUT2D eigenvalue weighted by atomic mass is 9.48. The lowest BCUT2D eigenvalue weighted by Gasteiger charge is -2.57. The second kappa shape index (κ2) is 11.6. The van der Waals surface area contributed by atoms with E-state index in [4.69, 9.17) is 14.2 Å². The highest BCUT2D eigenvalue weighted by atomic mass is 16.5. The van der Waals surface area contributed by atoms with Gasteiger partial charge < -0.3 is 19.5 Å². The van der Waals surface area contributed by atoms with Gasteiger partial charge in [-0.2, -0.15) is 0 Å². The third-order valence-corrected chi connectivity index (χ3v) is 10.5. The van der Waals surface area contributed by atoms with Crippen LogP contribution in [0.4, 0.5) is 0 Å². The van der Waals surface area contributed by atoms with Gasteiger partial charge in [-0.15, -0.1) is 0 Å². The number of amides is 1. The molecule has 39 heavy (non-hydrogen) atoms. The highest BCUT2D eigenvalue weighted by Gasteiger charge is 2.62. The molecule has 3 saturated carbocycles. The third-order valence-electron chi connectivity index (χ3n) is 10.5. The van der Waals surface area contributed by atoms with Gasteiger partial charge in [-0.25, -0.2) is 0 Å². The Kier molecular flexibility index (Phi) is 8.82. The Morgan fingerprint density at radius 2 is 1.77 bits per heavy atom. The summed E-state index contributed by atoms with van der Waals surface area (Å²) >= 11 is 0. The van der Waals surface area contributed by atoms with E-state index in [9.17, 15) is 19.2 Å². The SMILES string of the molecule is CC(=O)N[C@@H]1[C@H](OC(=O)CC[C@H](C)COC(C)=O)C[C@H]2[C@@H]3CC=C4C[C@H](OC(C)=O)CC[C@]4(C)[C@H]3CC[C@]12C. The molecule has 0 spiro atoms. The van der Waals surface area contributed by atoms with Crippen LogP contribution < -0.4 is 5.32 Å². The number of fused-ring (bicyclic) bond motifs is 5. The molecular formula is C31H47NO7. The molecule has 0 unspecified atom stereocenters. The fraction of sp³-hybridized carbons (Fsp3) is 0.806. The number of esters is 3. The van der Waals surface area contributed by atoms with Crippen molar-refractivity contribution in [3.63, 3.8) is 0 Å². The molecule has 1 amide bonds. The molecule has 8 heteroatoms. The minimum absolute atomic E-state index is 0.0246. The fourth-order valence-electron chi connectivity index (χ4n) is 8.48. The topological polar surface area (TPSA) is 108 Å². The zero-order valence-corrected chi connectivity index (χ0v) is 24.5. The van der Waals surface area contributed by atoms with Crippen molar-refractivity contribution in [1.82, 2.24) is 5.32 Å². The number of carbonyl (C=O) groups excluding carboxylic acids is 4. The van der Waals surface area contributed by atoms with Crippen molar-refractivity contribution in [2.75, 3.05) is 6.61 Å². The van der Waals surface area contributed by atoms with Gasteiger partial charge >= 0.3 is 17.9 Å². The van der Waals surface area contributed by atoms with Gasteiger partial charge in [0.25, 0.3) is 0 Å². The summed E-state index contributed by atoms with van der Waals surface area (Å²) in [5, 5.41) is 3.18. The Labute approximate surface area is 233 Å². The van der Waals surface area contributed by atoms with E-state index >= 15 is 0 Å². The van der Waals surface area contributed by atoms with Crippen LogP contribution in [0.3, 0.4) is 0 Å². The molecule has 4 rings (SSSR count). The first-order chi connectivity index (χ1) is 18.3. The summed E-state index contributed by atoms with van der Waals surface area (Å²) in [5.41, 5.74) is 1.39. The highest BCUT2D eigenvalue weighted by molar-refractivity contribution is 5.74. The smallest absolute Gasteiger partial charge is 0.306 e. The average molecular weight is 546 g/mol. The molecule has 8 nitrogen and oxygen atoms in total. The molecule has 0 aromatic rings. The maximum Gasteiger partial charge on any atom is 0.306 e. The van der Waals surface area contributed by atoms with Crippen LogP contribution >= 0.6 is 0 Å². The van der Waals surface area contributed by atoms with Crippen LogP contribution in [-0.4, -0.2) is 48.7 Å². The molecule has 3 fully saturated rings. The number of carbonyl (C=O) groups is 4. The van der Waals surface area contributed by atoms with E-state index in [0.29, 0.717) is 30.8 Å². The van der Waals surface area contributed by atoms with E-state index in [-0.39, 0.29) is 65.2 Å². The minimum Gasteiger partial charge on any atom is -0.466 e. The Bertz CT molecular complexity index is 1010. The first-order valence-electron chi connectivity index (χ1n) is 14.8. The first kappa shape index (κ1) is 29.6. The third kappa shape index (κ3) is 6.19. The molecule has 1 N–H and O–H groups in total. The van der Waals surface area contributed by atoms with E-state index in [1.165, 1.54) is 26.3 Å². The van der Waals surface area contributed by atoms with Crippen LogP contribution in [0, 0.1) is 34.5 Å². The van der Waals surface area contributed by atoms with Crippen LogP contribution in [0.25, 0.3) is 0 Å². The average Bonchev–Trinajstić information content (AvgIpc) is 3.12. The summed E-state index contributed by atoms with van der Waals surface area (Å²) in [6.07, 6.45) is 9.38. The van der Waals surface area contributed by atoms with Crippen molar-refractivity contribution < 1.29 is 33.4 Å². The van der Waals surface area contributed by atoms with Gasteiger partial charge in [0.05, 0.1) is 12.6 Å². The molecule has 0 heterocycles. The summed E-state index contributed by atoms with van der Waals surface area (Å²) in [5.74, 6) is 0.521. The molecule has 4 aliphatic carbocycles. The maximum atomic E-state index is 12.9. The highest BCUT2D eigenvalue weighted by Crippen LogP contribution is 2.65. The van der Waals surface area contributed by atoms with Crippen LogP contribution in [-0.2, 0) is 33.4 Å². The Morgan fingerprint density at radius 3 is 2.44 bits per heavy atom. The molecule has 0 aliphatic heterocycles. The summed E-state index contributed by atoms with van der Waals surface area (Å²) in [7, 11) is 0. The van der Waals surface area contributed by atoms with Crippen molar-refractivity contribution in [3.8, 4) is 0 Å². The number of allylic oxidation sites excluding steroid dienone is 1. The first-order valence-corrected chi connectivity index (χ1v) is 14.8. The molecule has 4 aliphatic rings. The fourth-order valence-corrected chi connectivity index (χ4v) is 8.48. The molecule has 0 aromatic carbocycles. The van der Waals surface area contributed by atoms with Crippen LogP contribution in [0.2, 0.25) is 0 Å². The van der Waals surface area contributed by atoms with E-state index in [1.54, 1.807) is 0 Å². The van der Waals surface area contributed by atoms with Crippen molar-refractivity contribution in [2.24, 2.45) is 34.5 Å². The largest absolute Gasteiger partial charge is 0.466 e. The van der Waals surface area contributed by atoms with Crippen molar-refractivity contribution in [2.45, 2.75) is 118 Å². The van der Waals surface area contributed by atoms with Crippen molar-refractivity contribution in [3.05, 3.63) is 11.6 Å². The molecule has 218 valence electrons. The van der Waals surface area contributed by atoms with E-state index in [1.807, 2.05) is 6.92 Å². The standard InChI is InChI=1S/C31H47NO7/c1-18(17-37-20(3)34)7-10-28(36)39-27-16-26-24-9-8-22-15-23(38-21(4)35)11-13-30(22,5)25(24)12-14-31(26,6)29(27)32-19(2)33/h8,18,23-27,29H,7,9-17H2,1-6H3,(H,32,33)/t18-,23+,24+,25-,26-,27+,29+,30-,31-/m0/s1. The van der Waals surface area contributed by atoms with Crippen LogP contribution in [0.5, 0.6) is 0 Å². The quantitative estimate of drug-likeness (QED) is 0.263. The number of rotatable bonds is 8. The second-order valence-corrected chi connectivity index (χ2v) is 13.2. The van der Waals surface area contributed by atoms with E-state index in [0.717, 1.165) is 44.9 Å². The van der Waals surface area contributed by atoms with Gasteiger partial charge in [0.2, 0.25) is 5.91 Å². The molecule has 0 radical (unpaired) electrons. The Morgan fingerprint density at radius 1 is 1.03 bits per heavy atom. The van der Waals surface area contributed by atoms with Gasteiger partial charge in [-0.1, -0.05) is 32.4 Å². The number of ether oxygens (including phenoxy) is 3. The summed E-state index contributed by atoms with van der Waals surface area (Å²) in [6.45, 7) is 11.3. The van der Waals surface area contributed by atoms with Gasteiger partial charge in [0.15, 0.2) is 0 Å². The normalized spacial score (nSPS) is 37.7. The Hall–Kier alpha value is -2.38. The monoisotopic (exact) mass is 545 g/mol. The summed E-state index contributed by atoms with van der Waals surface area (Å²) in [4.78, 5) is 47.8. The number of hydrogen-bond acceptors (Lipinski definition) is 7. The zero-order valence-electron chi connectivity index (χ0n) is 24.5. The Balaban J connectivity index is 1.47. The maximum absolute atomic E-state index is 12.9. The van der Waals surface area contributed by atoms with Gasteiger partial charge in [-0.3, -0.25) is 19.2 Å². The number of nitrogens with one attached hydrogen (secondary N) is 1.